The Morgan fingerprint density at radius 3 is 2.43 bits per heavy atom. The van der Waals surface area contributed by atoms with Crippen LogP contribution in [0.2, 0.25) is 0 Å². The van der Waals surface area contributed by atoms with E-state index >= 15 is 0 Å². The molecule has 2 N–H and O–H groups in total. The fraction of sp³-hybridized carbons (Fsp3) is 1.00. The van der Waals surface area contributed by atoms with Gasteiger partial charge in [0.25, 0.3) is 0 Å². The van der Waals surface area contributed by atoms with Crippen molar-refractivity contribution in [3.8, 4) is 0 Å². The molecule has 86 valence electrons. The third-order valence-corrected chi connectivity index (χ3v) is 2.55. The first-order valence-electron chi connectivity index (χ1n) is 5.59. The smallest absolute Gasteiger partial charge is 0.0468 e. The van der Waals surface area contributed by atoms with Gasteiger partial charge in [0.15, 0.2) is 0 Å². The largest absolute Gasteiger partial charge is 0.396 e. The average Bonchev–Trinajstić information content (AvgIpc) is 2.16. The molecule has 14 heavy (non-hydrogen) atoms. The van der Waals surface area contributed by atoms with Gasteiger partial charge in [0.2, 0.25) is 0 Å². The summed E-state index contributed by atoms with van der Waals surface area (Å²) in [5, 5.41) is 12.1. The molecular weight excluding hydrogens is 176 g/mol. The standard InChI is InChI=1S/C11H26N2O/c1-10(2)13(4)7-5-6-12-8-11(3)9-14/h10-12,14H,5-9H2,1-4H3. The molecule has 0 aliphatic heterocycles. The molecule has 0 spiro atoms. The van der Waals surface area contributed by atoms with E-state index in [1.165, 1.54) is 6.42 Å². The first-order valence-corrected chi connectivity index (χ1v) is 5.59. The first kappa shape index (κ1) is 13.9. The van der Waals surface area contributed by atoms with Gasteiger partial charge in [0.05, 0.1) is 0 Å². The van der Waals surface area contributed by atoms with E-state index in [1.54, 1.807) is 0 Å². The number of hydrogen-bond donors (Lipinski definition) is 2. The Labute approximate surface area is 88.5 Å². The third-order valence-electron chi connectivity index (χ3n) is 2.55. The van der Waals surface area contributed by atoms with E-state index in [-0.39, 0.29) is 6.61 Å². The second kappa shape index (κ2) is 8.21. The molecule has 1 atom stereocenters. The number of aliphatic hydroxyl groups is 1. The molecule has 0 radical (unpaired) electrons. The Morgan fingerprint density at radius 1 is 1.29 bits per heavy atom. The Kier molecular flexibility index (Phi) is 8.14. The van der Waals surface area contributed by atoms with E-state index in [0.717, 1.165) is 19.6 Å². The van der Waals surface area contributed by atoms with Crippen molar-refractivity contribution in [3.05, 3.63) is 0 Å². The van der Waals surface area contributed by atoms with Gasteiger partial charge in [-0.1, -0.05) is 6.92 Å². The molecule has 1 unspecified atom stereocenters. The Hall–Kier alpha value is -0.120. The molecule has 0 aromatic carbocycles. The van der Waals surface area contributed by atoms with Crippen molar-refractivity contribution in [2.75, 3.05) is 33.3 Å². The van der Waals surface area contributed by atoms with Crippen LogP contribution in [-0.2, 0) is 0 Å². The first-order chi connectivity index (χ1) is 6.57. The quantitative estimate of drug-likeness (QED) is 0.575. The van der Waals surface area contributed by atoms with Gasteiger partial charge in [-0.3, -0.25) is 0 Å². The number of aliphatic hydroxyl groups excluding tert-OH is 1. The van der Waals surface area contributed by atoms with E-state index in [0.29, 0.717) is 12.0 Å². The van der Waals surface area contributed by atoms with Gasteiger partial charge in [-0.15, -0.1) is 0 Å². The molecule has 0 heterocycles. The molecule has 3 nitrogen and oxygen atoms in total. The SMILES string of the molecule is CC(CO)CNCCCN(C)C(C)C. The highest BCUT2D eigenvalue weighted by Crippen LogP contribution is 1.94. The van der Waals surface area contributed by atoms with Crippen molar-refractivity contribution < 1.29 is 5.11 Å². The zero-order valence-corrected chi connectivity index (χ0v) is 10.1. The lowest BCUT2D eigenvalue weighted by molar-refractivity contribution is 0.231. The number of hydrogen-bond acceptors (Lipinski definition) is 3. The van der Waals surface area contributed by atoms with Gasteiger partial charge in [0.1, 0.15) is 0 Å². The predicted octanol–water partition coefficient (Wildman–Crippen LogP) is 0.935. The fourth-order valence-corrected chi connectivity index (χ4v) is 1.12. The lowest BCUT2D eigenvalue weighted by atomic mass is 10.2. The van der Waals surface area contributed by atoms with Gasteiger partial charge < -0.3 is 15.3 Å². The van der Waals surface area contributed by atoms with Crippen LogP contribution < -0.4 is 5.32 Å². The summed E-state index contributed by atoms with van der Waals surface area (Å²) in [6, 6.07) is 0.631. The summed E-state index contributed by atoms with van der Waals surface area (Å²) in [7, 11) is 2.15. The van der Waals surface area contributed by atoms with Gasteiger partial charge >= 0.3 is 0 Å². The second-order valence-corrected chi connectivity index (χ2v) is 4.42. The summed E-state index contributed by atoms with van der Waals surface area (Å²) >= 11 is 0. The van der Waals surface area contributed by atoms with Crippen LogP contribution in [0.15, 0.2) is 0 Å². The van der Waals surface area contributed by atoms with Crippen LogP contribution in [0.3, 0.4) is 0 Å². The summed E-state index contributed by atoms with van der Waals surface area (Å²) < 4.78 is 0. The van der Waals surface area contributed by atoms with E-state index in [1.807, 2.05) is 6.92 Å². The summed E-state index contributed by atoms with van der Waals surface area (Å²) in [4.78, 5) is 2.34. The monoisotopic (exact) mass is 202 g/mol. The summed E-state index contributed by atoms with van der Waals surface area (Å²) in [6.45, 7) is 9.84. The van der Waals surface area contributed by atoms with Crippen LogP contribution in [0, 0.1) is 5.92 Å². The maximum atomic E-state index is 8.80. The molecule has 0 aliphatic rings. The lowest BCUT2D eigenvalue weighted by Crippen LogP contribution is -2.31. The third kappa shape index (κ3) is 7.30. The zero-order chi connectivity index (χ0) is 11.0. The molecular formula is C11H26N2O. The molecule has 0 saturated heterocycles. The van der Waals surface area contributed by atoms with Crippen molar-refractivity contribution in [2.24, 2.45) is 5.92 Å². The van der Waals surface area contributed by atoms with Gasteiger partial charge in [-0.2, -0.15) is 0 Å². The van der Waals surface area contributed by atoms with E-state index < -0.39 is 0 Å². The van der Waals surface area contributed by atoms with Crippen LogP contribution in [0.4, 0.5) is 0 Å². The Balaban J connectivity index is 3.21. The molecule has 0 aromatic rings. The maximum Gasteiger partial charge on any atom is 0.0468 e. The highest BCUT2D eigenvalue weighted by Gasteiger charge is 2.02. The van der Waals surface area contributed by atoms with Crippen molar-refractivity contribution in [1.29, 1.82) is 0 Å². The van der Waals surface area contributed by atoms with Gasteiger partial charge in [0, 0.05) is 12.6 Å². The lowest BCUT2D eigenvalue weighted by Gasteiger charge is -2.20. The highest BCUT2D eigenvalue weighted by atomic mass is 16.3. The van der Waals surface area contributed by atoms with E-state index in [4.69, 9.17) is 5.11 Å². The molecule has 3 heteroatoms. The van der Waals surface area contributed by atoms with E-state index in [2.05, 4.69) is 31.1 Å². The molecule has 0 amide bonds. The molecule has 0 fully saturated rings. The second-order valence-electron chi connectivity index (χ2n) is 4.42. The van der Waals surface area contributed by atoms with Crippen molar-refractivity contribution in [2.45, 2.75) is 33.2 Å². The Morgan fingerprint density at radius 2 is 1.93 bits per heavy atom. The van der Waals surface area contributed by atoms with Crippen molar-refractivity contribution in [1.82, 2.24) is 10.2 Å². The normalized spacial score (nSPS) is 13.9. The average molecular weight is 202 g/mol. The molecule has 0 saturated carbocycles. The van der Waals surface area contributed by atoms with Crippen LogP contribution in [-0.4, -0.2) is 49.3 Å². The number of nitrogens with zero attached hydrogens (tertiary/aromatic N) is 1. The van der Waals surface area contributed by atoms with Crippen LogP contribution >= 0.6 is 0 Å². The minimum absolute atomic E-state index is 0.277. The highest BCUT2D eigenvalue weighted by molar-refractivity contribution is 4.59. The van der Waals surface area contributed by atoms with Gasteiger partial charge in [-0.25, -0.2) is 0 Å². The number of nitrogens with one attached hydrogen (secondary N) is 1. The van der Waals surface area contributed by atoms with Crippen LogP contribution in [0.25, 0.3) is 0 Å². The minimum Gasteiger partial charge on any atom is -0.396 e. The topological polar surface area (TPSA) is 35.5 Å². The predicted molar refractivity (Wildman–Crippen MR) is 61.5 cm³/mol. The van der Waals surface area contributed by atoms with E-state index in [9.17, 15) is 0 Å². The zero-order valence-electron chi connectivity index (χ0n) is 10.1. The van der Waals surface area contributed by atoms with Crippen molar-refractivity contribution >= 4 is 0 Å². The van der Waals surface area contributed by atoms with Crippen molar-refractivity contribution in [3.63, 3.8) is 0 Å². The summed E-state index contributed by atoms with van der Waals surface area (Å²) in [5.41, 5.74) is 0. The summed E-state index contributed by atoms with van der Waals surface area (Å²) in [6.07, 6.45) is 1.17. The van der Waals surface area contributed by atoms with Crippen LogP contribution in [0.5, 0.6) is 0 Å². The van der Waals surface area contributed by atoms with Crippen LogP contribution in [0.1, 0.15) is 27.2 Å². The fourth-order valence-electron chi connectivity index (χ4n) is 1.12. The van der Waals surface area contributed by atoms with Gasteiger partial charge in [-0.05, 0) is 52.9 Å². The minimum atomic E-state index is 0.277. The Bertz CT molecular complexity index is 128. The summed E-state index contributed by atoms with van der Waals surface area (Å²) in [5.74, 6) is 0.373. The molecule has 0 bridgehead atoms. The number of rotatable bonds is 8. The molecule has 0 aliphatic carbocycles. The maximum absolute atomic E-state index is 8.80. The molecule has 0 rings (SSSR count). The molecule has 0 aromatic heterocycles.